The fourth-order valence-electron chi connectivity index (χ4n) is 3.18. The molecule has 1 saturated carbocycles. The van der Waals surface area contributed by atoms with Crippen LogP contribution in [0.1, 0.15) is 32.6 Å². The summed E-state index contributed by atoms with van der Waals surface area (Å²) < 4.78 is 38.2. The molecule has 4 nitrogen and oxygen atoms in total. The molecule has 2 rings (SSSR count). The van der Waals surface area contributed by atoms with E-state index in [0.29, 0.717) is 25.9 Å². The molecule has 2 fully saturated rings. The number of amides is 1. The van der Waals surface area contributed by atoms with E-state index in [-0.39, 0.29) is 24.7 Å². The van der Waals surface area contributed by atoms with Gasteiger partial charge in [0.05, 0.1) is 11.8 Å². The topological polar surface area (TPSA) is 57.6 Å². The Morgan fingerprint density at radius 2 is 1.86 bits per heavy atom. The molecule has 1 amide bonds. The lowest BCUT2D eigenvalue weighted by molar-refractivity contribution is -0.188. The molecule has 1 aliphatic carbocycles. The average molecular weight is 307 g/mol. The zero-order valence-corrected chi connectivity index (χ0v) is 11.9. The second-order valence-corrected chi connectivity index (χ2v) is 6.23. The summed E-state index contributed by atoms with van der Waals surface area (Å²) >= 11 is 0. The molecular weight excluding hydrogens is 287 g/mol. The molecule has 2 aliphatic rings. The van der Waals surface area contributed by atoms with Crippen LogP contribution in [0.5, 0.6) is 0 Å². The molecule has 0 aromatic rings. The molecule has 1 N–H and O–H groups in total. The lowest BCUT2D eigenvalue weighted by atomic mass is 9.79. The van der Waals surface area contributed by atoms with Gasteiger partial charge < -0.3 is 10.0 Å². The Morgan fingerprint density at radius 3 is 2.38 bits per heavy atom. The molecule has 0 aromatic carbocycles. The van der Waals surface area contributed by atoms with E-state index >= 15 is 0 Å². The maximum atomic E-state index is 12.7. The van der Waals surface area contributed by atoms with Gasteiger partial charge in [-0.05, 0) is 19.3 Å². The van der Waals surface area contributed by atoms with Gasteiger partial charge in [-0.3, -0.25) is 9.59 Å². The van der Waals surface area contributed by atoms with Crippen LogP contribution in [-0.2, 0) is 9.59 Å². The Bertz CT molecular complexity index is 418. The smallest absolute Gasteiger partial charge is 0.391 e. The van der Waals surface area contributed by atoms with Gasteiger partial charge in [-0.1, -0.05) is 13.3 Å². The number of halogens is 3. The van der Waals surface area contributed by atoms with Gasteiger partial charge in [-0.25, -0.2) is 0 Å². The highest BCUT2D eigenvalue weighted by molar-refractivity contribution is 5.80. The highest BCUT2D eigenvalue weighted by Gasteiger charge is 2.46. The summed E-state index contributed by atoms with van der Waals surface area (Å²) in [6.45, 7) is 2.29. The average Bonchev–Trinajstić information content (AvgIpc) is 2.35. The van der Waals surface area contributed by atoms with Crippen molar-refractivity contribution in [3.8, 4) is 0 Å². The normalized spacial score (nSPS) is 28.9. The van der Waals surface area contributed by atoms with E-state index < -0.39 is 29.9 Å². The summed E-state index contributed by atoms with van der Waals surface area (Å²) in [7, 11) is 0. The van der Waals surface area contributed by atoms with Gasteiger partial charge in [-0.2, -0.15) is 13.2 Å². The number of carbonyl (C=O) groups excluding carboxylic acids is 1. The molecule has 120 valence electrons. The number of likely N-dealkylation sites (tertiary alicyclic amines) is 1. The second kappa shape index (κ2) is 5.85. The predicted molar refractivity (Wildman–Crippen MR) is 68.4 cm³/mol. The highest BCUT2D eigenvalue weighted by Crippen LogP contribution is 2.41. The number of alkyl halides is 3. The van der Waals surface area contributed by atoms with Gasteiger partial charge in [0.1, 0.15) is 0 Å². The number of nitrogens with zero attached hydrogens (tertiary/aromatic N) is 1. The van der Waals surface area contributed by atoms with Crippen molar-refractivity contribution in [3.63, 3.8) is 0 Å². The molecule has 3 unspecified atom stereocenters. The molecule has 0 spiro atoms. The number of hydrogen-bond donors (Lipinski definition) is 1. The van der Waals surface area contributed by atoms with Crippen LogP contribution >= 0.6 is 0 Å². The first-order chi connectivity index (χ1) is 9.70. The van der Waals surface area contributed by atoms with Crippen LogP contribution in [0.15, 0.2) is 0 Å². The number of carbonyl (C=O) groups is 2. The molecule has 21 heavy (non-hydrogen) atoms. The van der Waals surface area contributed by atoms with E-state index in [2.05, 4.69) is 0 Å². The molecule has 3 atom stereocenters. The quantitative estimate of drug-likeness (QED) is 0.871. The minimum atomic E-state index is -4.23. The first kappa shape index (κ1) is 16.1. The molecule has 0 aromatic heterocycles. The van der Waals surface area contributed by atoms with E-state index in [1.807, 2.05) is 0 Å². The maximum absolute atomic E-state index is 12.7. The molecular formula is C14H20F3NO3. The third-order valence-corrected chi connectivity index (χ3v) is 4.80. The fraction of sp³-hybridized carbons (Fsp3) is 0.857. The van der Waals surface area contributed by atoms with E-state index in [4.69, 9.17) is 5.11 Å². The summed E-state index contributed by atoms with van der Waals surface area (Å²) in [6.07, 6.45) is -3.33. The van der Waals surface area contributed by atoms with Crippen LogP contribution in [0.4, 0.5) is 13.2 Å². The summed E-state index contributed by atoms with van der Waals surface area (Å²) in [5.41, 5.74) is 0. The van der Waals surface area contributed by atoms with E-state index in [1.54, 1.807) is 6.92 Å². The van der Waals surface area contributed by atoms with Gasteiger partial charge in [0.25, 0.3) is 0 Å². The lowest BCUT2D eigenvalue weighted by Crippen LogP contribution is -2.55. The monoisotopic (exact) mass is 307 g/mol. The van der Waals surface area contributed by atoms with Crippen molar-refractivity contribution in [2.75, 3.05) is 13.1 Å². The summed E-state index contributed by atoms with van der Waals surface area (Å²) in [5.74, 6) is -3.70. The number of aliphatic carboxylic acids is 1. The van der Waals surface area contributed by atoms with Crippen molar-refractivity contribution in [2.45, 2.75) is 38.8 Å². The van der Waals surface area contributed by atoms with Crippen molar-refractivity contribution in [2.24, 2.45) is 23.7 Å². The highest BCUT2D eigenvalue weighted by atomic mass is 19.4. The van der Waals surface area contributed by atoms with Crippen LogP contribution < -0.4 is 0 Å². The Labute approximate surface area is 121 Å². The Morgan fingerprint density at radius 1 is 1.24 bits per heavy atom. The van der Waals surface area contributed by atoms with E-state index in [0.717, 1.165) is 0 Å². The van der Waals surface area contributed by atoms with Crippen LogP contribution in [0.25, 0.3) is 0 Å². The number of carboxylic acid groups (broad SMARTS) is 1. The number of rotatable bonds is 3. The van der Waals surface area contributed by atoms with Gasteiger partial charge in [0.15, 0.2) is 0 Å². The first-order valence-corrected chi connectivity index (χ1v) is 7.28. The van der Waals surface area contributed by atoms with Crippen LogP contribution in [-0.4, -0.2) is 41.1 Å². The molecule has 0 radical (unpaired) electrons. The molecule has 7 heteroatoms. The zero-order chi connectivity index (χ0) is 15.8. The van der Waals surface area contributed by atoms with Crippen molar-refractivity contribution in [1.82, 2.24) is 4.90 Å². The Kier molecular flexibility index (Phi) is 4.49. The number of carboxylic acids is 1. The van der Waals surface area contributed by atoms with Crippen molar-refractivity contribution in [1.29, 1.82) is 0 Å². The third-order valence-electron chi connectivity index (χ3n) is 4.80. The predicted octanol–water partition coefficient (Wildman–Crippen LogP) is 2.53. The summed E-state index contributed by atoms with van der Waals surface area (Å²) in [4.78, 5) is 24.5. The van der Waals surface area contributed by atoms with E-state index in [1.165, 1.54) is 4.90 Å². The zero-order valence-electron chi connectivity index (χ0n) is 11.9. The summed E-state index contributed by atoms with van der Waals surface area (Å²) in [6, 6.07) is 0. The fourth-order valence-corrected chi connectivity index (χ4v) is 3.18. The molecule has 1 saturated heterocycles. The summed E-state index contributed by atoms with van der Waals surface area (Å²) in [5, 5.41) is 8.89. The van der Waals surface area contributed by atoms with Gasteiger partial charge >= 0.3 is 12.1 Å². The van der Waals surface area contributed by atoms with Gasteiger partial charge in [-0.15, -0.1) is 0 Å². The minimum absolute atomic E-state index is 0.0894. The van der Waals surface area contributed by atoms with E-state index in [9.17, 15) is 22.8 Å². The SMILES string of the molecule is CC(C(=O)O)C1CN(C(=O)C2CCCC(C(F)(F)F)C2)C1. The Hall–Kier alpha value is -1.27. The largest absolute Gasteiger partial charge is 0.481 e. The standard InChI is InChI=1S/C14H20F3NO3/c1-8(13(20)21)10-6-18(7-10)12(19)9-3-2-4-11(5-9)14(15,16)17/h8-11H,2-7H2,1H3,(H,20,21). The molecule has 1 aliphatic heterocycles. The van der Waals surface area contributed by atoms with Crippen LogP contribution in [0.3, 0.4) is 0 Å². The number of hydrogen-bond acceptors (Lipinski definition) is 2. The van der Waals surface area contributed by atoms with Crippen LogP contribution in [0.2, 0.25) is 0 Å². The van der Waals surface area contributed by atoms with Crippen molar-refractivity contribution >= 4 is 11.9 Å². The van der Waals surface area contributed by atoms with Crippen LogP contribution in [0, 0.1) is 23.7 Å². The first-order valence-electron chi connectivity index (χ1n) is 7.28. The maximum Gasteiger partial charge on any atom is 0.391 e. The molecule has 1 heterocycles. The van der Waals surface area contributed by atoms with Gasteiger partial charge in [0.2, 0.25) is 5.91 Å². The Balaban J connectivity index is 1.86. The lowest BCUT2D eigenvalue weighted by Gasteiger charge is -2.44. The third kappa shape index (κ3) is 3.49. The second-order valence-electron chi connectivity index (χ2n) is 6.23. The minimum Gasteiger partial charge on any atom is -0.481 e. The molecule has 0 bridgehead atoms. The van der Waals surface area contributed by atoms with Gasteiger partial charge in [0, 0.05) is 24.9 Å². The van der Waals surface area contributed by atoms with Crippen molar-refractivity contribution in [3.05, 3.63) is 0 Å². The van der Waals surface area contributed by atoms with Crippen molar-refractivity contribution < 1.29 is 27.9 Å².